The van der Waals surface area contributed by atoms with Crippen molar-refractivity contribution >= 4 is 23.0 Å². The normalized spacial score (nSPS) is 24.4. The quantitative estimate of drug-likeness (QED) is 0.308. The van der Waals surface area contributed by atoms with Gasteiger partial charge in [0.1, 0.15) is 12.5 Å². The van der Waals surface area contributed by atoms with Gasteiger partial charge < -0.3 is 35.0 Å². The Kier molecular flexibility index (Phi) is 9.92. The van der Waals surface area contributed by atoms with Gasteiger partial charge in [0.05, 0.1) is 24.1 Å². The highest BCUT2D eigenvalue weighted by Crippen LogP contribution is 2.37. The number of methoxy groups -OCH3 is 1. The van der Waals surface area contributed by atoms with Gasteiger partial charge in [0, 0.05) is 63.1 Å². The van der Waals surface area contributed by atoms with Crippen LogP contribution in [0.3, 0.4) is 0 Å². The summed E-state index contributed by atoms with van der Waals surface area (Å²) in [6, 6.07) is 7.19. The van der Waals surface area contributed by atoms with E-state index in [4.69, 9.17) is 25.2 Å². The smallest absolute Gasteiger partial charge is 0.259 e. The molecule has 42 heavy (non-hydrogen) atoms. The molecule has 1 aromatic carbocycles. The third-order valence-electron chi connectivity index (χ3n) is 9.22. The van der Waals surface area contributed by atoms with E-state index in [2.05, 4.69) is 51.4 Å². The molecule has 3 aliphatic rings. The second-order valence-corrected chi connectivity index (χ2v) is 12.3. The molecule has 3 heterocycles. The largest absolute Gasteiger partial charge is 0.494 e. The number of aryl methyl sites for hydroxylation is 1. The highest BCUT2D eigenvalue weighted by Gasteiger charge is 2.30. The van der Waals surface area contributed by atoms with Crippen LogP contribution in [0.4, 0.5) is 23.0 Å². The van der Waals surface area contributed by atoms with Gasteiger partial charge in [0.15, 0.2) is 11.6 Å². The van der Waals surface area contributed by atoms with Crippen LogP contribution in [0.25, 0.3) is 0 Å². The standard InChI is InChI=1S/C31H50N8O3/c1-5-25-28(33-22-8-12-31(2,40)13-9-22)36-29(30(35-25)42-21-32)34-26-7-6-24(20-27(26)41-4)38-14-10-23(11-15-38)39-18-16-37(3)17-19-39/h6-7,20,22-23,40H,5,8-19,21,32H2,1-4H3,(H2,33,34,36). The third kappa shape index (κ3) is 7.37. The summed E-state index contributed by atoms with van der Waals surface area (Å²) in [5, 5.41) is 17.4. The lowest BCUT2D eigenvalue weighted by Gasteiger charge is -2.42. The molecule has 11 heteroatoms. The average molecular weight is 583 g/mol. The lowest BCUT2D eigenvalue weighted by Crippen LogP contribution is -2.52. The van der Waals surface area contributed by atoms with Gasteiger partial charge in [-0.2, -0.15) is 0 Å². The van der Waals surface area contributed by atoms with Gasteiger partial charge in [-0.3, -0.25) is 10.6 Å². The number of aliphatic hydroxyl groups is 1. The van der Waals surface area contributed by atoms with Crippen molar-refractivity contribution in [1.29, 1.82) is 0 Å². The molecule has 1 saturated carbocycles. The predicted octanol–water partition coefficient (Wildman–Crippen LogP) is 3.41. The summed E-state index contributed by atoms with van der Waals surface area (Å²) in [7, 11) is 3.91. The number of nitrogens with zero attached hydrogens (tertiary/aromatic N) is 5. The van der Waals surface area contributed by atoms with E-state index in [9.17, 15) is 5.11 Å². The maximum atomic E-state index is 10.4. The van der Waals surface area contributed by atoms with Crippen molar-refractivity contribution in [2.75, 3.05) is 75.7 Å². The monoisotopic (exact) mass is 582 g/mol. The average Bonchev–Trinajstić information content (AvgIpc) is 3.00. The molecule has 5 N–H and O–H groups in total. The van der Waals surface area contributed by atoms with Crippen LogP contribution in [0.5, 0.6) is 11.6 Å². The SMILES string of the molecule is CCc1nc(OCN)c(Nc2ccc(N3CCC(N4CCN(C)CC4)CC3)cc2OC)nc1NC1CCC(C)(O)CC1. The summed E-state index contributed by atoms with van der Waals surface area (Å²) in [4.78, 5) is 17.3. The molecule has 2 aromatic rings. The molecule has 0 bridgehead atoms. The Morgan fingerprint density at radius 2 is 1.74 bits per heavy atom. The number of likely N-dealkylation sites (N-methyl/N-ethyl adjacent to an activating group) is 1. The van der Waals surface area contributed by atoms with Crippen LogP contribution in [0.1, 0.15) is 58.1 Å². The van der Waals surface area contributed by atoms with Gasteiger partial charge in [-0.05, 0) is 71.0 Å². The Balaban J connectivity index is 1.29. The Morgan fingerprint density at radius 1 is 1.02 bits per heavy atom. The predicted molar refractivity (Wildman–Crippen MR) is 168 cm³/mol. The number of anilines is 4. The van der Waals surface area contributed by atoms with E-state index in [1.165, 1.54) is 25.9 Å². The minimum absolute atomic E-state index is 0.00282. The second-order valence-electron chi connectivity index (χ2n) is 12.3. The molecular weight excluding hydrogens is 532 g/mol. The zero-order chi connectivity index (χ0) is 29.7. The molecule has 2 saturated heterocycles. The van der Waals surface area contributed by atoms with Crippen LogP contribution in [0.2, 0.25) is 0 Å². The molecule has 5 rings (SSSR count). The van der Waals surface area contributed by atoms with E-state index in [1.807, 2.05) is 13.0 Å². The van der Waals surface area contributed by atoms with Crippen LogP contribution in [0, 0.1) is 0 Å². The van der Waals surface area contributed by atoms with Crippen molar-refractivity contribution in [2.24, 2.45) is 5.73 Å². The Bertz CT molecular complexity index is 1170. The molecule has 0 radical (unpaired) electrons. The van der Waals surface area contributed by atoms with Crippen molar-refractivity contribution in [1.82, 2.24) is 19.8 Å². The zero-order valence-electron chi connectivity index (χ0n) is 25.9. The first kappa shape index (κ1) is 30.6. The van der Waals surface area contributed by atoms with E-state index >= 15 is 0 Å². The number of aromatic nitrogens is 2. The van der Waals surface area contributed by atoms with E-state index in [-0.39, 0.29) is 12.8 Å². The molecule has 2 aliphatic heterocycles. The lowest BCUT2D eigenvalue weighted by molar-refractivity contribution is 0.0196. The fraction of sp³-hybridized carbons (Fsp3) is 0.677. The molecular formula is C31H50N8O3. The summed E-state index contributed by atoms with van der Waals surface area (Å²) >= 11 is 0. The Labute approximate surface area is 250 Å². The molecule has 3 fully saturated rings. The lowest BCUT2D eigenvalue weighted by atomic mass is 9.83. The number of benzene rings is 1. The van der Waals surface area contributed by atoms with Crippen LogP contribution < -0.4 is 30.7 Å². The van der Waals surface area contributed by atoms with E-state index in [1.54, 1.807) is 7.11 Å². The topological polar surface area (TPSA) is 124 Å². The van der Waals surface area contributed by atoms with Crippen molar-refractivity contribution in [3.63, 3.8) is 0 Å². The van der Waals surface area contributed by atoms with Crippen LogP contribution in [-0.4, -0.2) is 103 Å². The van der Waals surface area contributed by atoms with E-state index in [0.717, 1.165) is 80.5 Å². The van der Waals surface area contributed by atoms with Crippen molar-refractivity contribution < 1.29 is 14.6 Å². The van der Waals surface area contributed by atoms with Gasteiger partial charge in [-0.1, -0.05) is 6.92 Å². The van der Waals surface area contributed by atoms with Crippen LogP contribution in [0.15, 0.2) is 18.2 Å². The number of piperazine rings is 1. The highest BCUT2D eigenvalue weighted by molar-refractivity contribution is 5.72. The van der Waals surface area contributed by atoms with Crippen LogP contribution in [-0.2, 0) is 6.42 Å². The summed E-state index contributed by atoms with van der Waals surface area (Å²) < 4.78 is 11.5. The first-order valence-corrected chi connectivity index (χ1v) is 15.6. The summed E-state index contributed by atoms with van der Waals surface area (Å²) in [5.74, 6) is 2.32. The van der Waals surface area contributed by atoms with Gasteiger partial charge in [-0.25, -0.2) is 9.97 Å². The second kappa shape index (κ2) is 13.6. The van der Waals surface area contributed by atoms with Gasteiger partial charge in [0.25, 0.3) is 5.88 Å². The molecule has 0 spiro atoms. The fourth-order valence-corrected chi connectivity index (χ4v) is 6.44. The maximum Gasteiger partial charge on any atom is 0.259 e. The van der Waals surface area contributed by atoms with Gasteiger partial charge in [0.2, 0.25) is 0 Å². The molecule has 1 aliphatic carbocycles. The van der Waals surface area contributed by atoms with Gasteiger partial charge >= 0.3 is 0 Å². The number of hydrogen-bond donors (Lipinski definition) is 4. The first-order chi connectivity index (χ1) is 20.3. The maximum absolute atomic E-state index is 10.4. The summed E-state index contributed by atoms with van der Waals surface area (Å²) in [5.41, 5.74) is 7.94. The van der Waals surface area contributed by atoms with Crippen LogP contribution >= 0.6 is 0 Å². The number of piperidine rings is 1. The molecule has 0 unspecified atom stereocenters. The number of hydrogen-bond acceptors (Lipinski definition) is 11. The third-order valence-corrected chi connectivity index (χ3v) is 9.22. The number of rotatable bonds is 10. The molecule has 0 atom stereocenters. The minimum Gasteiger partial charge on any atom is -0.494 e. The van der Waals surface area contributed by atoms with Crippen molar-refractivity contribution in [2.45, 2.75) is 76.5 Å². The zero-order valence-corrected chi connectivity index (χ0v) is 25.9. The molecule has 0 amide bonds. The van der Waals surface area contributed by atoms with E-state index in [0.29, 0.717) is 24.2 Å². The van der Waals surface area contributed by atoms with Crippen molar-refractivity contribution in [3.05, 3.63) is 23.9 Å². The summed E-state index contributed by atoms with van der Waals surface area (Å²) in [6.45, 7) is 10.7. The number of nitrogens with one attached hydrogen (secondary N) is 2. The fourth-order valence-electron chi connectivity index (χ4n) is 6.44. The minimum atomic E-state index is -0.591. The highest BCUT2D eigenvalue weighted by atomic mass is 16.5. The van der Waals surface area contributed by atoms with E-state index < -0.39 is 5.60 Å². The van der Waals surface area contributed by atoms with Gasteiger partial charge in [-0.15, -0.1) is 0 Å². The molecule has 1 aromatic heterocycles. The number of ether oxygens (including phenoxy) is 2. The molecule has 11 nitrogen and oxygen atoms in total. The summed E-state index contributed by atoms with van der Waals surface area (Å²) in [6.07, 6.45) is 6.34. The Hall–Kier alpha value is -2.86. The Morgan fingerprint density at radius 3 is 2.38 bits per heavy atom. The first-order valence-electron chi connectivity index (χ1n) is 15.6. The van der Waals surface area contributed by atoms with Crippen molar-refractivity contribution in [3.8, 4) is 11.6 Å². The number of nitrogens with two attached hydrogens (primary N) is 1. The molecule has 232 valence electrons.